The zero-order valence-electron chi connectivity index (χ0n) is 13.7. The van der Waals surface area contributed by atoms with Crippen LogP contribution in [0.15, 0.2) is 73.1 Å². The number of carbonyl (C=O) groups excluding carboxylic acids is 1. The van der Waals surface area contributed by atoms with E-state index in [2.05, 4.69) is 32.1 Å². The van der Waals surface area contributed by atoms with Crippen molar-refractivity contribution >= 4 is 22.9 Å². The van der Waals surface area contributed by atoms with E-state index in [1.807, 2.05) is 54.6 Å². The molecule has 2 aromatic carbocycles. The molecular formula is C21H14N4O. The molecule has 0 fully saturated rings. The number of aromatic nitrogens is 3. The minimum atomic E-state index is -0.292. The van der Waals surface area contributed by atoms with Crippen molar-refractivity contribution in [2.45, 2.75) is 0 Å². The van der Waals surface area contributed by atoms with Crippen molar-refractivity contribution in [2.24, 2.45) is 0 Å². The van der Waals surface area contributed by atoms with E-state index in [9.17, 15) is 4.79 Å². The van der Waals surface area contributed by atoms with Crippen LogP contribution in [0, 0.1) is 11.8 Å². The van der Waals surface area contributed by atoms with Crippen molar-refractivity contribution in [3.05, 3.63) is 89.7 Å². The molecule has 0 unspecified atom stereocenters. The van der Waals surface area contributed by atoms with Crippen LogP contribution in [-0.2, 0) is 0 Å². The number of rotatable bonds is 2. The summed E-state index contributed by atoms with van der Waals surface area (Å²) in [5.41, 5.74) is 3.66. The third-order valence-electron chi connectivity index (χ3n) is 3.75. The van der Waals surface area contributed by atoms with Crippen molar-refractivity contribution in [1.29, 1.82) is 0 Å². The smallest absolute Gasteiger partial charge is 0.259 e. The van der Waals surface area contributed by atoms with Gasteiger partial charge in [0.1, 0.15) is 0 Å². The average Bonchev–Trinajstić information content (AvgIpc) is 3.09. The first kappa shape index (κ1) is 15.6. The summed E-state index contributed by atoms with van der Waals surface area (Å²) < 4.78 is 0. The average molecular weight is 338 g/mol. The highest BCUT2D eigenvalue weighted by Crippen LogP contribution is 2.14. The lowest BCUT2D eigenvalue weighted by Crippen LogP contribution is -2.13. The number of carbonyl (C=O) groups is 1. The highest BCUT2D eigenvalue weighted by molar-refractivity contribution is 6.03. The lowest BCUT2D eigenvalue weighted by Gasteiger charge is -2.01. The molecule has 26 heavy (non-hydrogen) atoms. The standard InChI is InChI=1S/C21H14N4O/c26-20(25-21-23-18-8-4-5-9-19(18)24-21)17-12-16(13-22-14-17)11-10-15-6-2-1-3-7-15/h1-9,12-14H,(H2,23,24,25,26). The molecule has 1 amide bonds. The Balaban J connectivity index is 1.54. The predicted molar refractivity (Wildman–Crippen MR) is 101 cm³/mol. The number of hydrogen-bond donors (Lipinski definition) is 2. The monoisotopic (exact) mass is 338 g/mol. The number of hydrogen-bond acceptors (Lipinski definition) is 3. The van der Waals surface area contributed by atoms with E-state index in [1.54, 1.807) is 12.3 Å². The van der Waals surface area contributed by atoms with Crippen molar-refractivity contribution in [2.75, 3.05) is 5.32 Å². The third kappa shape index (κ3) is 3.45. The number of H-pyrrole nitrogens is 1. The molecule has 0 saturated heterocycles. The Morgan fingerprint density at radius 1 is 0.923 bits per heavy atom. The van der Waals surface area contributed by atoms with Crippen LogP contribution < -0.4 is 5.32 Å². The first-order chi connectivity index (χ1) is 12.8. The Labute approximate surface area is 150 Å². The normalized spacial score (nSPS) is 10.2. The minimum absolute atomic E-state index is 0.292. The zero-order valence-corrected chi connectivity index (χ0v) is 13.7. The number of nitrogens with one attached hydrogen (secondary N) is 2. The molecule has 0 spiro atoms. The maximum absolute atomic E-state index is 12.5. The fourth-order valence-corrected chi connectivity index (χ4v) is 2.49. The molecule has 0 aliphatic heterocycles. The molecular weight excluding hydrogens is 324 g/mol. The maximum atomic E-state index is 12.5. The van der Waals surface area contributed by atoms with Gasteiger partial charge in [0.05, 0.1) is 16.6 Å². The number of nitrogens with zero attached hydrogens (tertiary/aromatic N) is 2. The lowest BCUT2D eigenvalue weighted by molar-refractivity contribution is 0.102. The number of para-hydroxylation sites is 2. The minimum Gasteiger partial charge on any atom is -0.324 e. The molecule has 2 heterocycles. The fourth-order valence-electron chi connectivity index (χ4n) is 2.49. The predicted octanol–water partition coefficient (Wildman–Crippen LogP) is 3.61. The lowest BCUT2D eigenvalue weighted by atomic mass is 10.1. The number of anilines is 1. The van der Waals surface area contributed by atoms with Crippen molar-refractivity contribution in [3.8, 4) is 11.8 Å². The van der Waals surface area contributed by atoms with E-state index in [-0.39, 0.29) is 5.91 Å². The number of amides is 1. The quantitative estimate of drug-likeness (QED) is 0.549. The van der Waals surface area contributed by atoms with E-state index in [0.29, 0.717) is 17.1 Å². The fraction of sp³-hybridized carbons (Fsp3) is 0. The summed E-state index contributed by atoms with van der Waals surface area (Å²) >= 11 is 0. The summed E-state index contributed by atoms with van der Waals surface area (Å²) in [6.07, 6.45) is 3.14. The van der Waals surface area contributed by atoms with Gasteiger partial charge in [0.25, 0.3) is 5.91 Å². The summed E-state index contributed by atoms with van der Waals surface area (Å²) in [4.78, 5) is 24.0. The Morgan fingerprint density at radius 2 is 1.69 bits per heavy atom. The van der Waals surface area contributed by atoms with Crippen LogP contribution in [0.3, 0.4) is 0 Å². The van der Waals surface area contributed by atoms with E-state index in [1.165, 1.54) is 6.20 Å². The largest absolute Gasteiger partial charge is 0.324 e. The molecule has 0 bridgehead atoms. The maximum Gasteiger partial charge on any atom is 0.259 e. The van der Waals surface area contributed by atoms with Gasteiger partial charge in [-0.05, 0) is 30.3 Å². The zero-order chi connectivity index (χ0) is 17.8. The number of imidazole rings is 1. The Hall–Kier alpha value is -3.91. The molecule has 0 aliphatic rings. The molecule has 4 rings (SSSR count). The molecule has 0 atom stereocenters. The summed E-state index contributed by atoms with van der Waals surface area (Å²) in [5.74, 6) is 6.19. The van der Waals surface area contributed by atoms with Gasteiger partial charge < -0.3 is 4.98 Å². The third-order valence-corrected chi connectivity index (χ3v) is 3.75. The molecule has 0 saturated carbocycles. The van der Waals surface area contributed by atoms with Crippen LogP contribution in [0.5, 0.6) is 0 Å². The van der Waals surface area contributed by atoms with Gasteiger partial charge in [-0.1, -0.05) is 42.2 Å². The second kappa shape index (κ2) is 6.91. The van der Waals surface area contributed by atoms with E-state index in [0.717, 1.165) is 16.6 Å². The van der Waals surface area contributed by atoms with E-state index < -0.39 is 0 Å². The summed E-state index contributed by atoms with van der Waals surface area (Å²) in [6.45, 7) is 0. The van der Waals surface area contributed by atoms with E-state index >= 15 is 0 Å². The van der Waals surface area contributed by atoms with Crippen LogP contribution >= 0.6 is 0 Å². The van der Waals surface area contributed by atoms with Crippen LogP contribution in [-0.4, -0.2) is 20.9 Å². The van der Waals surface area contributed by atoms with E-state index in [4.69, 9.17) is 0 Å². The topological polar surface area (TPSA) is 70.7 Å². The van der Waals surface area contributed by atoms with Crippen molar-refractivity contribution < 1.29 is 4.79 Å². The van der Waals surface area contributed by atoms with Gasteiger partial charge in [0.2, 0.25) is 5.95 Å². The van der Waals surface area contributed by atoms with Gasteiger partial charge in [0, 0.05) is 23.5 Å². The Morgan fingerprint density at radius 3 is 2.54 bits per heavy atom. The van der Waals surface area contributed by atoms with Crippen LogP contribution in [0.25, 0.3) is 11.0 Å². The first-order valence-corrected chi connectivity index (χ1v) is 8.06. The van der Waals surface area contributed by atoms with Gasteiger partial charge in [-0.25, -0.2) is 4.98 Å². The van der Waals surface area contributed by atoms with Crippen LogP contribution in [0.1, 0.15) is 21.5 Å². The molecule has 4 aromatic rings. The van der Waals surface area contributed by atoms with Crippen molar-refractivity contribution in [1.82, 2.24) is 15.0 Å². The Bertz CT molecular complexity index is 1100. The molecule has 5 heteroatoms. The number of pyridine rings is 1. The SMILES string of the molecule is O=C(Nc1nc2ccccc2[nH]1)c1cncc(C#Cc2ccccc2)c1. The molecule has 5 nitrogen and oxygen atoms in total. The van der Waals surface area contributed by atoms with Crippen LogP contribution in [0.4, 0.5) is 5.95 Å². The van der Waals surface area contributed by atoms with Gasteiger partial charge in [-0.3, -0.25) is 15.1 Å². The van der Waals surface area contributed by atoms with Crippen LogP contribution in [0.2, 0.25) is 0 Å². The summed E-state index contributed by atoms with van der Waals surface area (Å²) in [6, 6.07) is 19.0. The van der Waals surface area contributed by atoms with Gasteiger partial charge in [0.15, 0.2) is 0 Å². The second-order valence-electron chi connectivity index (χ2n) is 5.64. The van der Waals surface area contributed by atoms with Gasteiger partial charge in [-0.15, -0.1) is 0 Å². The Kier molecular flexibility index (Phi) is 4.15. The summed E-state index contributed by atoms with van der Waals surface area (Å²) in [5, 5.41) is 2.75. The second-order valence-corrected chi connectivity index (χ2v) is 5.64. The highest BCUT2D eigenvalue weighted by Gasteiger charge is 2.10. The van der Waals surface area contributed by atoms with Gasteiger partial charge >= 0.3 is 0 Å². The molecule has 2 N–H and O–H groups in total. The number of fused-ring (bicyclic) bond motifs is 1. The molecule has 2 aromatic heterocycles. The number of aromatic amines is 1. The highest BCUT2D eigenvalue weighted by atomic mass is 16.1. The van der Waals surface area contributed by atoms with Gasteiger partial charge in [-0.2, -0.15) is 0 Å². The number of benzene rings is 2. The molecule has 124 valence electrons. The molecule has 0 radical (unpaired) electrons. The molecule has 0 aliphatic carbocycles. The first-order valence-electron chi connectivity index (χ1n) is 8.06. The van der Waals surface area contributed by atoms with Crippen molar-refractivity contribution in [3.63, 3.8) is 0 Å². The summed E-state index contributed by atoms with van der Waals surface area (Å²) in [7, 11) is 0.